The predicted octanol–water partition coefficient (Wildman–Crippen LogP) is 12.0. The Morgan fingerprint density at radius 2 is 1.35 bits per heavy atom. The van der Waals surface area contributed by atoms with Crippen molar-refractivity contribution in [1.29, 1.82) is 0 Å². The molecule has 0 saturated carbocycles. The van der Waals surface area contributed by atoms with Crippen LogP contribution in [-0.4, -0.2) is 58.0 Å². The molecule has 1 aliphatic heterocycles. The zero-order chi connectivity index (χ0) is 40.8. The summed E-state index contributed by atoms with van der Waals surface area (Å²) >= 11 is 0. The summed E-state index contributed by atoms with van der Waals surface area (Å²) in [6, 6.07) is 15.0. The van der Waals surface area contributed by atoms with Crippen molar-refractivity contribution in [1.82, 2.24) is 0 Å². The minimum Gasteiger partial charge on any atom is -0.507 e. The molecule has 0 bridgehead atoms. The molecule has 0 saturated heterocycles. The molecular weight excluding hydrogens is 713 g/mol. The maximum absolute atomic E-state index is 11.3. The number of benzene rings is 3. The quantitative estimate of drug-likeness (QED) is 0.0716. The van der Waals surface area contributed by atoms with Gasteiger partial charge in [0.1, 0.15) is 41.8 Å². The maximum atomic E-state index is 11.3. The molecule has 3 aromatic carbocycles. The number of aromatic hydroxyl groups is 1. The van der Waals surface area contributed by atoms with Crippen LogP contribution in [0.3, 0.4) is 0 Å². The van der Waals surface area contributed by atoms with Crippen molar-refractivity contribution in [2.24, 2.45) is 5.92 Å². The minimum atomic E-state index is -0.424. The van der Waals surface area contributed by atoms with Crippen LogP contribution in [0.1, 0.15) is 127 Å². The van der Waals surface area contributed by atoms with Crippen LogP contribution < -0.4 is 14.2 Å². The lowest BCUT2D eigenvalue weighted by Crippen LogP contribution is -2.29. The van der Waals surface area contributed by atoms with E-state index in [9.17, 15) is 5.11 Å². The molecule has 1 heterocycles. The van der Waals surface area contributed by atoms with Crippen LogP contribution in [-0.2, 0) is 32.7 Å². The summed E-state index contributed by atoms with van der Waals surface area (Å²) in [6.45, 7) is 23.0. The number of hydrogen-bond donors (Lipinski definition) is 1. The predicted molar refractivity (Wildman–Crippen MR) is 232 cm³/mol. The Kier molecular flexibility index (Phi) is 17.0. The lowest BCUT2D eigenvalue weighted by atomic mass is 9.73. The minimum absolute atomic E-state index is 0.0416. The maximum Gasteiger partial charge on any atom is 0.132 e. The second-order valence-electron chi connectivity index (χ2n) is 16.6. The molecule has 0 spiro atoms. The molecule has 57 heavy (non-hydrogen) atoms. The monoisotopic (exact) mass is 783 g/mol. The van der Waals surface area contributed by atoms with E-state index in [2.05, 4.69) is 97.5 Å². The molecule has 2 aliphatic rings. The summed E-state index contributed by atoms with van der Waals surface area (Å²) in [5.74, 6) is 3.12. The standard InChI is InChI=1S/C50H70O7/c1-9-11-13-15-38-31-44(51)48(41-29-36(5)17-19-40(41)35(3)4)45(32-38)55-27-25-53-23-21-52-22-24-54-26-28-56-46-33-39(16-14-12-10-2)34-47-49(46)42-30-37(6)18-20-43(42)50(7,8)57-47/h18,20,29-34,40-41,51H,3,9-17,19,21-28H2,1-2,4-8H3/t40-,41+/m0/s1. The van der Waals surface area contributed by atoms with Crippen molar-refractivity contribution in [2.45, 2.75) is 124 Å². The zero-order valence-electron chi connectivity index (χ0n) is 36.1. The molecule has 2 atom stereocenters. The Balaban J connectivity index is 1.05. The van der Waals surface area contributed by atoms with Gasteiger partial charge in [-0.1, -0.05) is 87.1 Å². The summed E-state index contributed by atoms with van der Waals surface area (Å²) in [5.41, 5.74) is 9.87. The third-order valence-electron chi connectivity index (χ3n) is 11.3. The van der Waals surface area contributed by atoms with E-state index in [1.165, 1.54) is 40.7 Å². The molecule has 1 aliphatic carbocycles. The van der Waals surface area contributed by atoms with Gasteiger partial charge < -0.3 is 33.5 Å². The molecule has 0 aromatic heterocycles. The number of phenolic OH excluding ortho intramolecular Hbond substituents is 1. The molecule has 5 rings (SSSR count). The third-order valence-corrected chi connectivity index (χ3v) is 11.3. The van der Waals surface area contributed by atoms with E-state index in [0.717, 1.165) is 90.9 Å². The van der Waals surface area contributed by atoms with E-state index in [0.29, 0.717) is 58.6 Å². The highest BCUT2D eigenvalue weighted by molar-refractivity contribution is 5.82. The van der Waals surface area contributed by atoms with Gasteiger partial charge in [0.15, 0.2) is 0 Å². The first-order valence-electron chi connectivity index (χ1n) is 21.7. The summed E-state index contributed by atoms with van der Waals surface area (Å²) in [5, 5.41) is 11.3. The van der Waals surface area contributed by atoms with Crippen LogP contribution in [0, 0.1) is 12.8 Å². The highest BCUT2D eigenvalue weighted by atomic mass is 16.6. The van der Waals surface area contributed by atoms with Crippen LogP contribution in [0.25, 0.3) is 11.1 Å². The number of ether oxygens (including phenoxy) is 6. The highest BCUT2D eigenvalue weighted by Crippen LogP contribution is 2.51. The van der Waals surface area contributed by atoms with Gasteiger partial charge in [0.25, 0.3) is 0 Å². The van der Waals surface area contributed by atoms with Crippen molar-refractivity contribution < 1.29 is 33.5 Å². The van der Waals surface area contributed by atoms with E-state index in [1.807, 2.05) is 6.07 Å². The molecule has 0 fully saturated rings. The van der Waals surface area contributed by atoms with Crippen LogP contribution in [0.2, 0.25) is 0 Å². The second-order valence-corrected chi connectivity index (χ2v) is 16.6. The fourth-order valence-corrected chi connectivity index (χ4v) is 8.26. The van der Waals surface area contributed by atoms with Crippen LogP contribution in [0.5, 0.6) is 23.0 Å². The first-order valence-corrected chi connectivity index (χ1v) is 21.7. The summed E-state index contributed by atoms with van der Waals surface area (Å²) < 4.78 is 37.0. The highest BCUT2D eigenvalue weighted by Gasteiger charge is 2.35. The molecule has 0 unspecified atom stereocenters. The van der Waals surface area contributed by atoms with Gasteiger partial charge in [-0.05, 0) is 120 Å². The van der Waals surface area contributed by atoms with Crippen molar-refractivity contribution in [3.05, 3.63) is 94.1 Å². The number of phenols is 1. The van der Waals surface area contributed by atoms with E-state index in [-0.39, 0.29) is 11.8 Å². The Morgan fingerprint density at radius 1 is 0.772 bits per heavy atom. The lowest BCUT2D eigenvalue weighted by molar-refractivity contribution is 0.00491. The average Bonchev–Trinajstić information content (AvgIpc) is 3.16. The largest absolute Gasteiger partial charge is 0.507 e. The van der Waals surface area contributed by atoms with Gasteiger partial charge in [0.05, 0.1) is 45.2 Å². The summed E-state index contributed by atoms with van der Waals surface area (Å²) in [7, 11) is 0. The van der Waals surface area contributed by atoms with Gasteiger partial charge in [-0.3, -0.25) is 0 Å². The van der Waals surface area contributed by atoms with Crippen LogP contribution in [0.4, 0.5) is 0 Å². The van der Waals surface area contributed by atoms with Gasteiger partial charge in [-0.2, -0.15) is 0 Å². The normalized spacial score (nSPS) is 17.0. The van der Waals surface area contributed by atoms with Gasteiger partial charge in [0, 0.05) is 17.0 Å². The number of fused-ring (bicyclic) bond motifs is 3. The SMILES string of the molecule is C=C(C)[C@@H]1CCC(C)=C[C@H]1c1c(O)cc(CCCCC)cc1OCCOCCOCCOCCOc1cc(CCCCC)cc2c1-c1cc(C)ccc1C(C)(C)O2. The van der Waals surface area contributed by atoms with Gasteiger partial charge in [0.2, 0.25) is 0 Å². The van der Waals surface area contributed by atoms with Crippen molar-refractivity contribution in [3.8, 4) is 34.1 Å². The smallest absolute Gasteiger partial charge is 0.132 e. The van der Waals surface area contributed by atoms with E-state index in [1.54, 1.807) is 0 Å². The summed E-state index contributed by atoms with van der Waals surface area (Å²) in [6.07, 6.45) is 13.2. The second kappa shape index (κ2) is 21.8. The van der Waals surface area contributed by atoms with Gasteiger partial charge in [-0.25, -0.2) is 0 Å². The Morgan fingerprint density at radius 3 is 1.96 bits per heavy atom. The average molecular weight is 783 g/mol. The first kappa shape index (κ1) is 44.3. The van der Waals surface area contributed by atoms with E-state index < -0.39 is 5.60 Å². The molecule has 7 nitrogen and oxygen atoms in total. The number of hydrogen-bond acceptors (Lipinski definition) is 7. The molecular formula is C50H70O7. The van der Waals surface area contributed by atoms with Crippen LogP contribution >= 0.6 is 0 Å². The van der Waals surface area contributed by atoms with E-state index >= 15 is 0 Å². The number of aryl methyl sites for hydroxylation is 3. The topological polar surface area (TPSA) is 75.6 Å². The Labute approximate surface area is 343 Å². The van der Waals surface area contributed by atoms with E-state index in [4.69, 9.17) is 28.4 Å². The molecule has 3 aromatic rings. The van der Waals surface area contributed by atoms with Crippen molar-refractivity contribution in [3.63, 3.8) is 0 Å². The van der Waals surface area contributed by atoms with Crippen molar-refractivity contribution >= 4 is 0 Å². The summed E-state index contributed by atoms with van der Waals surface area (Å²) in [4.78, 5) is 0. The number of rotatable bonds is 24. The molecule has 0 amide bonds. The zero-order valence-corrected chi connectivity index (χ0v) is 36.1. The fraction of sp³-hybridized carbons (Fsp3) is 0.560. The Hall–Kier alpha value is -3.78. The van der Waals surface area contributed by atoms with Crippen molar-refractivity contribution in [2.75, 3.05) is 52.9 Å². The van der Waals surface area contributed by atoms with Gasteiger partial charge >= 0.3 is 0 Å². The third kappa shape index (κ3) is 12.4. The van der Waals surface area contributed by atoms with Crippen LogP contribution in [0.15, 0.2) is 66.3 Å². The molecule has 0 radical (unpaired) electrons. The molecule has 1 N–H and O–H groups in total. The molecule has 7 heteroatoms. The Bertz CT molecular complexity index is 1790. The number of unbranched alkanes of at least 4 members (excludes halogenated alkanes) is 4. The van der Waals surface area contributed by atoms with Gasteiger partial charge in [-0.15, -0.1) is 0 Å². The molecule has 312 valence electrons. The lowest BCUT2D eigenvalue weighted by Gasteiger charge is -2.36. The fourth-order valence-electron chi connectivity index (χ4n) is 8.26. The number of allylic oxidation sites excluding steroid dienone is 3. The first-order chi connectivity index (χ1) is 27.5.